The van der Waals surface area contributed by atoms with Gasteiger partial charge >= 0.3 is 6.03 Å². The summed E-state index contributed by atoms with van der Waals surface area (Å²) in [5.41, 5.74) is 3.79. The normalized spacial score (nSPS) is 11.0. The highest BCUT2D eigenvalue weighted by Crippen LogP contribution is 2.18. The van der Waals surface area contributed by atoms with E-state index in [0.717, 1.165) is 53.2 Å². The molecule has 0 aliphatic carbocycles. The number of anilines is 1. The van der Waals surface area contributed by atoms with E-state index >= 15 is 0 Å². The van der Waals surface area contributed by atoms with Crippen molar-refractivity contribution in [1.82, 2.24) is 19.9 Å². The Hall–Kier alpha value is -2.41. The molecule has 3 aromatic rings. The first kappa shape index (κ1) is 17.4. The molecule has 6 nitrogen and oxygen atoms in total. The van der Waals surface area contributed by atoms with Gasteiger partial charge in [-0.25, -0.2) is 14.8 Å². The molecule has 132 valence electrons. The predicted molar refractivity (Wildman–Crippen MR) is 102 cm³/mol. The molecule has 0 unspecified atom stereocenters. The summed E-state index contributed by atoms with van der Waals surface area (Å²) < 4.78 is 2.12. The highest BCUT2D eigenvalue weighted by atomic mass is 32.1. The molecule has 2 aromatic heterocycles. The van der Waals surface area contributed by atoms with Gasteiger partial charge in [-0.15, -0.1) is 11.3 Å². The van der Waals surface area contributed by atoms with Gasteiger partial charge in [0.05, 0.1) is 22.4 Å². The minimum Gasteiger partial charge on any atom is -0.338 e. The number of urea groups is 1. The number of nitrogens with one attached hydrogen (secondary N) is 2. The Kier molecular flexibility index (Phi) is 5.65. The number of thiazole rings is 1. The number of nitrogens with zero attached hydrogens (tertiary/aromatic N) is 3. The van der Waals surface area contributed by atoms with Crippen LogP contribution in [0.3, 0.4) is 0 Å². The van der Waals surface area contributed by atoms with Crippen LogP contribution < -0.4 is 10.6 Å². The Morgan fingerprint density at radius 3 is 3.00 bits per heavy atom. The van der Waals surface area contributed by atoms with Gasteiger partial charge in [0.2, 0.25) is 0 Å². The van der Waals surface area contributed by atoms with Crippen molar-refractivity contribution >= 4 is 34.1 Å². The van der Waals surface area contributed by atoms with E-state index in [4.69, 9.17) is 0 Å². The second-order valence-electron chi connectivity index (χ2n) is 6.01. The molecule has 7 heteroatoms. The van der Waals surface area contributed by atoms with Gasteiger partial charge < -0.3 is 15.2 Å². The van der Waals surface area contributed by atoms with Gasteiger partial charge in [0.25, 0.3) is 0 Å². The number of carbonyl (C=O) groups excluding carboxylic acids is 1. The summed E-state index contributed by atoms with van der Waals surface area (Å²) in [6.07, 6.45) is 4.67. The Labute approximate surface area is 151 Å². The molecule has 2 amide bonds. The van der Waals surface area contributed by atoms with E-state index in [1.54, 1.807) is 11.3 Å². The molecule has 0 spiro atoms. The first-order valence-electron chi connectivity index (χ1n) is 8.56. The highest BCUT2D eigenvalue weighted by Gasteiger charge is 2.06. The maximum atomic E-state index is 12.0. The van der Waals surface area contributed by atoms with Crippen LogP contribution in [0.1, 0.15) is 30.5 Å². The van der Waals surface area contributed by atoms with Crippen molar-refractivity contribution in [2.75, 3.05) is 11.9 Å². The minimum absolute atomic E-state index is 0.192. The van der Waals surface area contributed by atoms with Crippen LogP contribution in [0.25, 0.3) is 11.0 Å². The number of hydrogen-bond acceptors (Lipinski definition) is 4. The zero-order chi connectivity index (χ0) is 17.6. The number of aromatic nitrogens is 3. The molecule has 3 rings (SSSR count). The number of carbonyl (C=O) groups is 1. The number of amides is 2. The third-order valence-electron chi connectivity index (χ3n) is 3.86. The molecule has 0 radical (unpaired) electrons. The van der Waals surface area contributed by atoms with Gasteiger partial charge in [0.1, 0.15) is 0 Å². The van der Waals surface area contributed by atoms with E-state index in [0.29, 0.717) is 6.54 Å². The molecular formula is C18H23N5OS. The van der Waals surface area contributed by atoms with Crippen molar-refractivity contribution in [1.29, 1.82) is 0 Å². The van der Waals surface area contributed by atoms with Crippen molar-refractivity contribution in [3.8, 4) is 0 Å². The zero-order valence-electron chi connectivity index (χ0n) is 14.6. The van der Waals surface area contributed by atoms with E-state index in [1.807, 2.05) is 36.8 Å². The fraction of sp³-hybridized carbons (Fsp3) is 0.389. The summed E-state index contributed by atoms with van der Waals surface area (Å²) >= 11 is 1.67. The smallest absolute Gasteiger partial charge is 0.319 e. The van der Waals surface area contributed by atoms with Crippen LogP contribution in [-0.4, -0.2) is 27.1 Å². The van der Waals surface area contributed by atoms with Gasteiger partial charge in [-0.2, -0.15) is 0 Å². The monoisotopic (exact) mass is 357 g/mol. The molecule has 0 atom stereocenters. The molecule has 0 aliphatic heterocycles. The molecule has 0 saturated heterocycles. The van der Waals surface area contributed by atoms with Crippen LogP contribution in [0.5, 0.6) is 0 Å². The van der Waals surface area contributed by atoms with Gasteiger partial charge in [-0.05, 0) is 38.0 Å². The summed E-state index contributed by atoms with van der Waals surface area (Å²) in [4.78, 5) is 20.8. The molecule has 2 heterocycles. The lowest BCUT2D eigenvalue weighted by atomic mass is 10.2. The lowest BCUT2D eigenvalue weighted by molar-refractivity contribution is 0.252. The fourth-order valence-corrected chi connectivity index (χ4v) is 3.51. The number of fused-ring (bicyclic) bond motifs is 1. The third-order valence-corrected chi connectivity index (χ3v) is 4.89. The summed E-state index contributed by atoms with van der Waals surface area (Å²) in [5.74, 6) is 0. The fourth-order valence-electron chi connectivity index (χ4n) is 2.69. The highest BCUT2D eigenvalue weighted by molar-refractivity contribution is 7.09. The van der Waals surface area contributed by atoms with Crippen molar-refractivity contribution in [3.63, 3.8) is 0 Å². The van der Waals surface area contributed by atoms with Crippen molar-refractivity contribution in [2.24, 2.45) is 0 Å². The number of rotatable bonds is 7. The average Bonchev–Trinajstić information content (AvgIpc) is 3.18. The minimum atomic E-state index is -0.192. The van der Waals surface area contributed by atoms with Crippen molar-refractivity contribution in [3.05, 3.63) is 40.6 Å². The van der Waals surface area contributed by atoms with Crippen LogP contribution in [0.2, 0.25) is 0 Å². The number of hydrogen-bond donors (Lipinski definition) is 2. The number of imidazole rings is 1. The Morgan fingerprint density at radius 2 is 2.24 bits per heavy atom. The average molecular weight is 357 g/mol. The van der Waals surface area contributed by atoms with Gasteiger partial charge in [0, 0.05) is 36.3 Å². The van der Waals surface area contributed by atoms with Crippen LogP contribution in [0, 0.1) is 6.92 Å². The van der Waals surface area contributed by atoms with E-state index < -0.39 is 0 Å². The number of benzene rings is 1. The lowest BCUT2D eigenvalue weighted by Crippen LogP contribution is -2.29. The maximum absolute atomic E-state index is 12.0. The summed E-state index contributed by atoms with van der Waals surface area (Å²) in [5, 5.41) is 8.92. The van der Waals surface area contributed by atoms with E-state index in [1.165, 1.54) is 0 Å². The summed E-state index contributed by atoms with van der Waals surface area (Å²) in [6, 6.07) is 5.62. The SMILES string of the molecule is CCCn1cnc2cc(NC(=O)NCCCc3nc(C)cs3)ccc21. The molecule has 25 heavy (non-hydrogen) atoms. The molecular weight excluding hydrogens is 334 g/mol. The topological polar surface area (TPSA) is 71.8 Å². The van der Waals surface area contributed by atoms with Crippen LogP contribution in [0.4, 0.5) is 10.5 Å². The van der Waals surface area contributed by atoms with E-state index in [9.17, 15) is 4.79 Å². The Morgan fingerprint density at radius 1 is 1.36 bits per heavy atom. The Balaban J connectivity index is 1.48. The largest absolute Gasteiger partial charge is 0.338 e. The zero-order valence-corrected chi connectivity index (χ0v) is 15.4. The first-order valence-corrected chi connectivity index (χ1v) is 9.44. The van der Waals surface area contributed by atoms with Gasteiger partial charge in [0.15, 0.2) is 0 Å². The van der Waals surface area contributed by atoms with Gasteiger partial charge in [-0.1, -0.05) is 6.92 Å². The van der Waals surface area contributed by atoms with E-state index in [-0.39, 0.29) is 6.03 Å². The quantitative estimate of drug-likeness (QED) is 0.629. The molecule has 1 aromatic carbocycles. The Bertz CT molecular complexity index is 854. The molecule has 2 N–H and O–H groups in total. The molecule has 0 saturated carbocycles. The first-order chi connectivity index (χ1) is 12.2. The second kappa shape index (κ2) is 8.11. The van der Waals surface area contributed by atoms with E-state index in [2.05, 4.69) is 32.1 Å². The standard InChI is InChI=1S/C18H23N5OS/c1-3-9-23-12-20-15-10-14(6-7-16(15)23)22-18(24)19-8-4-5-17-21-13(2)11-25-17/h6-7,10-12H,3-5,8-9H2,1-2H3,(H2,19,22,24). The van der Waals surface area contributed by atoms with Crippen LogP contribution >= 0.6 is 11.3 Å². The van der Waals surface area contributed by atoms with Gasteiger partial charge in [-0.3, -0.25) is 0 Å². The molecule has 0 bridgehead atoms. The number of aryl methyl sites for hydroxylation is 3. The van der Waals surface area contributed by atoms with Crippen LogP contribution in [0.15, 0.2) is 29.9 Å². The van der Waals surface area contributed by atoms with Crippen molar-refractivity contribution < 1.29 is 4.79 Å². The molecule has 0 fully saturated rings. The van der Waals surface area contributed by atoms with Crippen LogP contribution in [-0.2, 0) is 13.0 Å². The van der Waals surface area contributed by atoms with Crippen molar-refractivity contribution in [2.45, 2.75) is 39.7 Å². The maximum Gasteiger partial charge on any atom is 0.319 e. The predicted octanol–water partition coefficient (Wildman–Crippen LogP) is 3.97. The molecule has 0 aliphatic rings. The third kappa shape index (κ3) is 4.57. The summed E-state index contributed by atoms with van der Waals surface area (Å²) in [6.45, 7) is 5.70. The second-order valence-corrected chi connectivity index (χ2v) is 6.95. The lowest BCUT2D eigenvalue weighted by Gasteiger charge is -2.08. The summed E-state index contributed by atoms with van der Waals surface area (Å²) in [7, 11) is 0.